The first-order chi connectivity index (χ1) is 8.06. The van der Waals surface area contributed by atoms with Crippen molar-refractivity contribution in [1.82, 2.24) is 0 Å². The number of hydrogen-bond acceptors (Lipinski definition) is 4. The number of benzene rings is 1. The maximum absolute atomic E-state index is 11.3. The lowest BCUT2D eigenvalue weighted by Gasteiger charge is -2.23. The first-order valence-corrected chi connectivity index (χ1v) is 5.14. The first-order valence-electron chi connectivity index (χ1n) is 5.14. The Morgan fingerprint density at radius 3 is 2.71 bits per heavy atom. The van der Waals surface area contributed by atoms with E-state index in [4.69, 9.17) is 5.73 Å². The van der Waals surface area contributed by atoms with Crippen LogP contribution < -0.4 is 5.73 Å². The van der Waals surface area contributed by atoms with Gasteiger partial charge in [-0.2, -0.15) is 0 Å². The van der Waals surface area contributed by atoms with Crippen molar-refractivity contribution in [3.63, 3.8) is 0 Å². The molecule has 1 aliphatic carbocycles. The average molecular weight is 232 g/mol. The highest BCUT2D eigenvalue weighted by Crippen LogP contribution is 2.38. The minimum atomic E-state index is -1.40. The van der Waals surface area contributed by atoms with Crippen LogP contribution in [-0.2, 0) is 5.54 Å². The zero-order valence-corrected chi connectivity index (χ0v) is 9.04. The van der Waals surface area contributed by atoms with E-state index in [1.807, 2.05) is 0 Å². The van der Waals surface area contributed by atoms with Gasteiger partial charge in [-0.15, -0.1) is 0 Å². The molecule has 0 saturated heterocycles. The number of aromatic hydroxyl groups is 1. The van der Waals surface area contributed by atoms with Gasteiger partial charge in [0.05, 0.1) is 5.56 Å². The average Bonchev–Trinajstić information content (AvgIpc) is 2.29. The molecule has 0 radical (unpaired) electrons. The van der Waals surface area contributed by atoms with E-state index in [0.717, 1.165) is 0 Å². The Labute approximate surface area is 98.0 Å². The predicted octanol–water partition coefficient (Wildman–Crippen LogP) is 1.96. The van der Waals surface area contributed by atoms with Gasteiger partial charge in [0.25, 0.3) is 5.54 Å². The molecule has 0 fully saturated rings. The van der Waals surface area contributed by atoms with Gasteiger partial charge >= 0.3 is 0 Å². The number of hydrogen-bond donors (Lipinski definition) is 2. The van der Waals surface area contributed by atoms with E-state index in [1.54, 1.807) is 24.3 Å². The van der Waals surface area contributed by atoms with E-state index in [0.29, 0.717) is 5.69 Å². The summed E-state index contributed by atoms with van der Waals surface area (Å²) in [6, 6.07) is 4.37. The Bertz CT molecular complexity index is 522. The highest BCUT2D eigenvalue weighted by Gasteiger charge is 2.44. The number of phenols is 1. The fraction of sp³-hybridized carbons (Fsp3) is 0.167. The normalized spacial score (nSPS) is 22.6. The van der Waals surface area contributed by atoms with Crippen LogP contribution in [0, 0.1) is 10.1 Å². The Morgan fingerprint density at radius 1 is 1.41 bits per heavy atom. The Balaban J connectivity index is 2.58. The van der Waals surface area contributed by atoms with Crippen molar-refractivity contribution in [2.75, 3.05) is 5.73 Å². The van der Waals surface area contributed by atoms with E-state index in [1.165, 1.54) is 18.2 Å². The van der Waals surface area contributed by atoms with Crippen molar-refractivity contribution in [1.29, 1.82) is 0 Å². The summed E-state index contributed by atoms with van der Waals surface area (Å²) in [5.74, 6) is -0.151. The SMILES string of the molecule is Nc1ccc(C2([N+](=O)[O-])C=CC=CC2)c(O)c1. The minimum absolute atomic E-state index is 0.151. The van der Waals surface area contributed by atoms with Crippen molar-refractivity contribution in [3.8, 4) is 5.75 Å². The molecule has 1 aromatic carbocycles. The molecule has 5 nitrogen and oxygen atoms in total. The monoisotopic (exact) mass is 232 g/mol. The molecule has 88 valence electrons. The Kier molecular flexibility index (Phi) is 2.59. The van der Waals surface area contributed by atoms with Gasteiger partial charge in [-0.05, 0) is 18.2 Å². The van der Waals surface area contributed by atoms with Crippen molar-refractivity contribution in [2.45, 2.75) is 12.0 Å². The maximum Gasteiger partial charge on any atom is 0.272 e. The molecule has 0 aromatic heterocycles. The van der Waals surface area contributed by atoms with Crippen LogP contribution in [0.1, 0.15) is 12.0 Å². The third kappa shape index (κ3) is 1.75. The molecule has 0 spiro atoms. The quantitative estimate of drug-likeness (QED) is 0.463. The molecule has 0 saturated carbocycles. The molecule has 1 unspecified atom stereocenters. The van der Waals surface area contributed by atoms with Crippen LogP contribution in [-0.4, -0.2) is 10.0 Å². The number of phenolic OH excluding ortho intramolecular Hbond substituents is 1. The summed E-state index contributed by atoms with van der Waals surface area (Å²) >= 11 is 0. The van der Waals surface area contributed by atoms with Crippen LogP contribution in [0.2, 0.25) is 0 Å². The van der Waals surface area contributed by atoms with Crippen LogP contribution in [0.15, 0.2) is 42.5 Å². The molecule has 1 aromatic rings. The summed E-state index contributed by atoms with van der Waals surface area (Å²) in [5, 5.41) is 21.1. The summed E-state index contributed by atoms with van der Waals surface area (Å²) in [6.07, 6.45) is 6.77. The molecular formula is C12H12N2O3. The van der Waals surface area contributed by atoms with Crippen molar-refractivity contribution >= 4 is 5.69 Å². The second-order valence-electron chi connectivity index (χ2n) is 3.95. The first kappa shape index (κ1) is 11.2. The van der Waals surface area contributed by atoms with E-state index < -0.39 is 10.5 Å². The summed E-state index contributed by atoms with van der Waals surface area (Å²) in [7, 11) is 0. The topological polar surface area (TPSA) is 89.4 Å². The van der Waals surface area contributed by atoms with E-state index in [9.17, 15) is 15.2 Å². The largest absolute Gasteiger partial charge is 0.507 e. The van der Waals surface area contributed by atoms with Gasteiger partial charge in [-0.25, -0.2) is 0 Å². The number of nitrogen functional groups attached to an aromatic ring is 1. The second kappa shape index (κ2) is 3.93. The summed E-state index contributed by atoms with van der Waals surface area (Å²) < 4.78 is 0. The molecule has 3 N–H and O–H groups in total. The minimum Gasteiger partial charge on any atom is -0.507 e. The molecular weight excluding hydrogens is 220 g/mol. The predicted molar refractivity (Wildman–Crippen MR) is 64.1 cm³/mol. The van der Waals surface area contributed by atoms with Crippen molar-refractivity contribution in [3.05, 3.63) is 58.2 Å². The smallest absolute Gasteiger partial charge is 0.272 e. The van der Waals surface area contributed by atoms with Gasteiger partial charge in [0, 0.05) is 23.1 Å². The summed E-state index contributed by atoms with van der Waals surface area (Å²) in [5.41, 5.74) is 4.75. The third-order valence-corrected chi connectivity index (χ3v) is 2.86. The number of anilines is 1. The number of allylic oxidation sites excluding steroid dienone is 2. The molecule has 1 atom stereocenters. The van der Waals surface area contributed by atoms with Crippen LogP contribution in [0.5, 0.6) is 5.75 Å². The lowest BCUT2D eigenvalue weighted by Crippen LogP contribution is -2.33. The molecule has 0 heterocycles. The highest BCUT2D eigenvalue weighted by atomic mass is 16.6. The summed E-state index contributed by atoms with van der Waals surface area (Å²) in [6.45, 7) is 0. The number of nitrogens with two attached hydrogens (primary N) is 1. The molecule has 0 aliphatic heterocycles. The zero-order valence-electron chi connectivity index (χ0n) is 9.04. The Morgan fingerprint density at radius 2 is 2.18 bits per heavy atom. The van der Waals surface area contributed by atoms with Gasteiger partial charge in [0.2, 0.25) is 0 Å². The Hall–Kier alpha value is -2.30. The molecule has 0 bridgehead atoms. The fourth-order valence-corrected chi connectivity index (χ4v) is 1.96. The molecule has 17 heavy (non-hydrogen) atoms. The number of nitro groups is 1. The van der Waals surface area contributed by atoms with E-state index in [-0.39, 0.29) is 17.7 Å². The molecule has 2 rings (SSSR count). The molecule has 0 amide bonds. The van der Waals surface area contributed by atoms with Crippen LogP contribution >= 0.6 is 0 Å². The van der Waals surface area contributed by atoms with Crippen LogP contribution in [0.4, 0.5) is 5.69 Å². The zero-order chi connectivity index (χ0) is 12.5. The maximum atomic E-state index is 11.3. The lowest BCUT2D eigenvalue weighted by atomic mass is 9.84. The van der Waals surface area contributed by atoms with Crippen LogP contribution in [0.3, 0.4) is 0 Å². The number of rotatable bonds is 2. The van der Waals surface area contributed by atoms with Gasteiger partial charge in [-0.1, -0.05) is 18.2 Å². The van der Waals surface area contributed by atoms with Gasteiger partial charge in [0.15, 0.2) is 0 Å². The van der Waals surface area contributed by atoms with Gasteiger partial charge < -0.3 is 10.8 Å². The number of nitrogens with zero attached hydrogens (tertiary/aromatic N) is 1. The second-order valence-corrected chi connectivity index (χ2v) is 3.95. The van der Waals surface area contributed by atoms with E-state index in [2.05, 4.69) is 0 Å². The third-order valence-electron chi connectivity index (χ3n) is 2.86. The highest BCUT2D eigenvalue weighted by molar-refractivity contribution is 5.51. The van der Waals surface area contributed by atoms with Crippen molar-refractivity contribution < 1.29 is 10.0 Å². The van der Waals surface area contributed by atoms with E-state index >= 15 is 0 Å². The summed E-state index contributed by atoms with van der Waals surface area (Å²) in [4.78, 5) is 10.9. The standard InChI is InChI=1S/C12H12N2O3/c13-9-4-5-10(11(15)8-9)12(14(16)17)6-2-1-3-7-12/h1-6,8,15H,7,13H2. The lowest BCUT2D eigenvalue weighted by molar-refractivity contribution is -0.563. The van der Waals surface area contributed by atoms with Gasteiger partial charge in [0.1, 0.15) is 5.75 Å². The fourth-order valence-electron chi connectivity index (χ4n) is 1.96. The van der Waals surface area contributed by atoms with Crippen molar-refractivity contribution in [2.24, 2.45) is 0 Å². The molecule has 1 aliphatic rings. The molecule has 5 heteroatoms. The van der Waals surface area contributed by atoms with Crippen LogP contribution in [0.25, 0.3) is 0 Å². The van der Waals surface area contributed by atoms with Gasteiger partial charge in [-0.3, -0.25) is 10.1 Å².